The van der Waals surface area contributed by atoms with Crippen LogP contribution in [-0.4, -0.2) is 53.2 Å². The Bertz CT molecular complexity index is 730. The third kappa shape index (κ3) is 5.09. The molecule has 1 aromatic carbocycles. The summed E-state index contributed by atoms with van der Waals surface area (Å²) >= 11 is 0. The zero-order chi connectivity index (χ0) is 20.7. The van der Waals surface area contributed by atoms with Gasteiger partial charge >= 0.3 is 0 Å². The van der Waals surface area contributed by atoms with E-state index in [-0.39, 0.29) is 23.6 Å². The Balaban J connectivity index is 2.04. The van der Waals surface area contributed by atoms with Crippen molar-refractivity contribution in [2.24, 2.45) is 5.92 Å². The molecule has 0 bridgehead atoms. The van der Waals surface area contributed by atoms with Gasteiger partial charge in [-0.2, -0.15) is 0 Å². The molecule has 6 heteroatoms. The number of benzene rings is 1. The van der Waals surface area contributed by atoms with Crippen LogP contribution in [-0.2, 0) is 9.59 Å². The van der Waals surface area contributed by atoms with Crippen molar-refractivity contribution in [3.05, 3.63) is 55.1 Å². The first-order chi connectivity index (χ1) is 13.4. The summed E-state index contributed by atoms with van der Waals surface area (Å²) < 4.78 is 0. The highest BCUT2D eigenvalue weighted by molar-refractivity contribution is 5.99. The summed E-state index contributed by atoms with van der Waals surface area (Å²) in [4.78, 5) is 40.8. The zero-order valence-corrected chi connectivity index (χ0v) is 16.7. The molecule has 1 fully saturated rings. The number of likely N-dealkylation sites (tertiary alicyclic amines) is 1. The van der Waals surface area contributed by atoms with E-state index in [1.165, 1.54) is 0 Å². The van der Waals surface area contributed by atoms with Crippen LogP contribution in [0.4, 0.5) is 5.69 Å². The van der Waals surface area contributed by atoms with E-state index in [0.717, 1.165) is 6.42 Å². The highest BCUT2D eigenvalue weighted by Gasteiger charge is 2.34. The topological polar surface area (TPSA) is 69.7 Å². The first-order valence-corrected chi connectivity index (χ1v) is 9.61. The number of amides is 3. The van der Waals surface area contributed by atoms with Gasteiger partial charge in [0.15, 0.2) is 0 Å². The Labute approximate surface area is 166 Å². The Kier molecular flexibility index (Phi) is 7.55. The van der Waals surface area contributed by atoms with Crippen LogP contribution in [0.5, 0.6) is 0 Å². The van der Waals surface area contributed by atoms with Crippen molar-refractivity contribution in [2.45, 2.75) is 32.7 Å². The molecule has 0 spiro atoms. The lowest BCUT2D eigenvalue weighted by Gasteiger charge is -2.25. The van der Waals surface area contributed by atoms with E-state index in [4.69, 9.17) is 0 Å². The molecular formula is C22H29N3O3. The predicted octanol–water partition coefficient (Wildman–Crippen LogP) is 3.09. The van der Waals surface area contributed by atoms with E-state index in [9.17, 15) is 14.4 Å². The van der Waals surface area contributed by atoms with E-state index >= 15 is 0 Å². The fourth-order valence-electron chi connectivity index (χ4n) is 3.29. The molecule has 0 saturated carbocycles. The van der Waals surface area contributed by atoms with Gasteiger partial charge in [-0.15, -0.1) is 13.2 Å². The average Bonchev–Trinajstić information content (AvgIpc) is 3.17. The molecule has 0 aliphatic carbocycles. The summed E-state index contributed by atoms with van der Waals surface area (Å²) in [5.74, 6) is -0.441. The van der Waals surface area contributed by atoms with E-state index < -0.39 is 6.04 Å². The molecule has 0 radical (unpaired) electrons. The Hall–Kier alpha value is -2.89. The second-order valence-corrected chi connectivity index (χ2v) is 7.20. The number of nitrogens with one attached hydrogen (secondary N) is 1. The van der Waals surface area contributed by atoms with Crippen LogP contribution in [0.15, 0.2) is 49.6 Å². The third-order valence-electron chi connectivity index (χ3n) is 4.72. The number of carbonyl (C=O) groups is 3. The summed E-state index contributed by atoms with van der Waals surface area (Å²) in [6.45, 7) is 12.5. The predicted molar refractivity (Wildman–Crippen MR) is 111 cm³/mol. The quantitative estimate of drug-likeness (QED) is 0.702. The molecule has 3 amide bonds. The van der Waals surface area contributed by atoms with Crippen LogP contribution >= 0.6 is 0 Å². The molecule has 1 aliphatic rings. The van der Waals surface area contributed by atoms with Gasteiger partial charge in [-0.25, -0.2) is 0 Å². The monoisotopic (exact) mass is 383 g/mol. The molecule has 6 nitrogen and oxygen atoms in total. The van der Waals surface area contributed by atoms with Crippen LogP contribution in [0.3, 0.4) is 0 Å². The second kappa shape index (κ2) is 9.88. The molecule has 1 unspecified atom stereocenters. The lowest BCUT2D eigenvalue weighted by atomic mass is 10.1. The SMILES string of the molecule is C=CCN(CC=C)C(=O)c1ccc(NC(=O)C2CCCN2C(=O)C(C)C)cc1. The van der Waals surface area contributed by atoms with E-state index in [0.29, 0.717) is 37.3 Å². The molecule has 1 saturated heterocycles. The van der Waals surface area contributed by atoms with Crippen LogP contribution in [0, 0.1) is 5.92 Å². The Morgan fingerprint density at radius 1 is 1.18 bits per heavy atom. The largest absolute Gasteiger partial charge is 0.331 e. The van der Waals surface area contributed by atoms with Crippen molar-refractivity contribution in [2.75, 3.05) is 25.0 Å². The van der Waals surface area contributed by atoms with Gasteiger partial charge in [0.2, 0.25) is 11.8 Å². The number of anilines is 1. The normalized spacial score (nSPS) is 16.0. The van der Waals surface area contributed by atoms with Gasteiger partial charge in [0, 0.05) is 36.8 Å². The van der Waals surface area contributed by atoms with Crippen molar-refractivity contribution in [3.8, 4) is 0 Å². The minimum Gasteiger partial charge on any atom is -0.331 e. The van der Waals surface area contributed by atoms with E-state index in [2.05, 4.69) is 18.5 Å². The van der Waals surface area contributed by atoms with Gasteiger partial charge in [0.05, 0.1) is 0 Å². The maximum Gasteiger partial charge on any atom is 0.254 e. The van der Waals surface area contributed by atoms with Gasteiger partial charge in [-0.05, 0) is 37.1 Å². The molecule has 28 heavy (non-hydrogen) atoms. The minimum atomic E-state index is -0.438. The van der Waals surface area contributed by atoms with Crippen molar-refractivity contribution in [3.63, 3.8) is 0 Å². The highest BCUT2D eigenvalue weighted by atomic mass is 16.2. The molecule has 1 heterocycles. The number of hydrogen-bond acceptors (Lipinski definition) is 3. The molecule has 150 valence electrons. The van der Waals surface area contributed by atoms with Crippen molar-refractivity contribution >= 4 is 23.4 Å². The summed E-state index contributed by atoms with van der Waals surface area (Å²) in [6.07, 6.45) is 4.83. The van der Waals surface area contributed by atoms with Crippen LogP contribution in [0.2, 0.25) is 0 Å². The van der Waals surface area contributed by atoms with Gasteiger partial charge < -0.3 is 15.1 Å². The second-order valence-electron chi connectivity index (χ2n) is 7.20. The number of rotatable bonds is 8. The smallest absolute Gasteiger partial charge is 0.254 e. The first kappa shape index (κ1) is 21.4. The van der Waals surface area contributed by atoms with Crippen molar-refractivity contribution in [1.29, 1.82) is 0 Å². The van der Waals surface area contributed by atoms with Crippen LogP contribution in [0.25, 0.3) is 0 Å². The number of hydrogen-bond donors (Lipinski definition) is 1. The molecule has 2 rings (SSSR count). The third-order valence-corrected chi connectivity index (χ3v) is 4.72. The molecule has 1 N–H and O–H groups in total. The molecule has 1 aliphatic heterocycles. The Morgan fingerprint density at radius 3 is 2.32 bits per heavy atom. The molecule has 1 atom stereocenters. The average molecular weight is 383 g/mol. The zero-order valence-electron chi connectivity index (χ0n) is 16.7. The highest BCUT2D eigenvalue weighted by Crippen LogP contribution is 2.22. The first-order valence-electron chi connectivity index (χ1n) is 9.61. The van der Waals surface area contributed by atoms with Gasteiger partial charge in [-0.3, -0.25) is 14.4 Å². The van der Waals surface area contributed by atoms with Crippen molar-refractivity contribution < 1.29 is 14.4 Å². The number of nitrogens with zero attached hydrogens (tertiary/aromatic N) is 2. The maximum absolute atomic E-state index is 12.6. The summed E-state index contributed by atoms with van der Waals surface area (Å²) in [6, 6.07) is 6.33. The maximum atomic E-state index is 12.6. The molecule has 1 aromatic rings. The summed E-state index contributed by atoms with van der Waals surface area (Å²) in [7, 11) is 0. The lowest BCUT2D eigenvalue weighted by Crippen LogP contribution is -2.44. The van der Waals surface area contributed by atoms with E-state index in [1.54, 1.807) is 46.2 Å². The minimum absolute atomic E-state index is 0.00289. The fourth-order valence-corrected chi connectivity index (χ4v) is 3.29. The van der Waals surface area contributed by atoms with Crippen LogP contribution < -0.4 is 5.32 Å². The van der Waals surface area contributed by atoms with Gasteiger partial charge in [0.25, 0.3) is 5.91 Å². The lowest BCUT2D eigenvalue weighted by molar-refractivity contribution is -0.139. The molecule has 0 aromatic heterocycles. The summed E-state index contributed by atoms with van der Waals surface area (Å²) in [5, 5.41) is 2.86. The van der Waals surface area contributed by atoms with E-state index in [1.807, 2.05) is 13.8 Å². The Morgan fingerprint density at radius 2 is 1.79 bits per heavy atom. The number of carbonyl (C=O) groups excluding carboxylic acids is 3. The van der Waals surface area contributed by atoms with Crippen LogP contribution in [0.1, 0.15) is 37.0 Å². The van der Waals surface area contributed by atoms with Gasteiger partial charge in [-0.1, -0.05) is 26.0 Å². The summed E-state index contributed by atoms with van der Waals surface area (Å²) in [5.41, 5.74) is 1.13. The fraction of sp³-hybridized carbons (Fsp3) is 0.409. The van der Waals surface area contributed by atoms with Gasteiger partial charge in [0.1, 0.15) is 6.04 Å². The van der Waals surface area contributed by atoms with Crippen molar-refractivity contribution in [1.82, 2.24) is 9.80 Å². The molecular weight excluding hydrogens is 354 g/mol. The standard InChI is InChI=1S/C22H29N3O3/c1-5-13-24(14-6-2)22(28)17-9-11-18(12-10-17)23-20(26)19-8-7-15-25(19)21(27)16(3)4/h5-6,9-12,16,19H,1-2,7-8,13-15H2,3-4H3,(H,23,26).